The number of ether oxygens (including phenoxy) is 1. The van der Waals surface area contributed by atoms with Gasteiger partial charge in [0.25, 0.3) is 0 Å². The predicted molar refractivity (Wildman–Crippen MR) is 67.3 cm³/mol. The van der Waals surface area contributed by atoms with Crippen molar-refractivity contribution in [1.29, 1.82) is 0 Å². The molecule has 1 N–H and O–H groups in total. The second-order valence-electron chi connectivity index (χ2n) is 4.65. The second kappa shape index (κ2) is 4.64. The van der Waals surface area contributed by atoms with Crippen LogP contribution in [-0.4, -0.2) is 12.6 Å². The van der Waals surface area contributed by atoms with Crippen LogP contribution in [0, 0.1) is 6.92 Å². The van der Waals surface area contributed by atoms with Gasteiger partial charge in [-0.2, -0.15) is 0 Å². The van der Waals surface area contributed by atoms with E-state index in [-0.39, 0.29) is 0 Å². The van der Waals surface area contributed by atoms with Crippen molar-refractivity contribution < 1.29 is 4.74 Å². The Kier molecular flexibility index (Phi) is 3.41. The van der Waals surface area contributed by atoms with Crippen molar-refractivity contribution in [2.24, 2.45) is 0 Å². The SMILES string of the molecule is Cc1cc(Cl)cc2c1OCCC2NC(C)C. The summed E-state index contributed by atoms with van der Waals surface area (Å²) in [4.78, 5) is 0. The average molecular weight is 240 g/mol. The molecule has 2 rings (SSSR count). The Morgan fingerprint density at radius 1 is 1.44 bits per heavy atom. The van der Waals surface area contributed by atoms with Crippen molar-refractivity contribution in [3.05, 3.63) is 28.3 Å². The Morgan fingerprint density at radius 3 is 2.88 bits per heavy atom. The molecule has 0 saturated heterocycles. The average Bonchev–Trinajstić information content (AvgIpc) is 2.18. The zero-order chi connectivity index (χ0) is 11.7. The Morgan fingerprint density at radius 2 is 2.19 bits per heavy atom. The molecule has 1 unspecified atom stereocenters. The maximum atomic E-state index is 6.10. The van der Waals surface area contributed by atoms with Crippen LogP contribution >= 0.6 is 11.6 Å². The fourth-order valence-corrected chi connectivity index (χ4v) is 2.50. The maximum Gasteiger partial charge on any atom is 0.127 e. The van der Waals surface area contributed by atoms with E-state index in [0.29, 0.717) is 12.1 Å². The maximum absolute atomic E-state index is 6.10. The van der Waals surface area contributed by atoms with Crippen molar-refractivity contribution in [1.82, 2.24) is 5.32 Å². The number of benzene rings is 1. The van der Waals surface area contributed by atoms with E-state index in [9.17, 15) is 0 Å². The zero-order valence-corrected chi connectivity index (χ0v) is 10.8. The van der Waals surface area contributed by atoms with Gasteiger partial charge < -0.3 is 10.1 Å². The number of fused-ring (bicyclic) bond motifs is 1. The van der Waals surface area contributed by atoms with Gasteiger partial charge in [-0.05, 0) is 24.6 Å². The second-order valence-corrected chi connectivity index (χ2v) is 5.09. The first kappa shape index (κ1) is 11.7. The van der Waals surface area contributed by atoms with Crippen molar-refractivity contribution in [3.8, 4) is 5.75 Å². The molecule has 2 nitrogen and oxygen atoms in total. The van der Waals surface area contributed by atoms with E-state index >= 15 is 0 Å². The third-order valence-corrected chi connectivity index (χ3v) is 3.05. The van der Waals surface area contributed by atoms with Gasteiger partial charge in [0, 0.05) is 29.1 Å². The highest BCUT2D eigenvalue weighted by atomic mass is 35.5. The fraction of sp³-hybridized carbons (Fsp3) is 0.538. The summed E-state index contributed by atoms with van der Waals surface area (Å²) in [5.41, 5.74) is 2.32. The van der Waals surface area contributed by atoms with Crippen LogP contribution in [0.3, 0.4) is 0 Å². The van der Waals surface area contributed by atoms with Crippen LogP contribution in [-0.2, 0) is 0 Å². The van der Waals surface area contributed by atoms with Gasteiger partial charge in [0.05, 0.1) is 6.61 Å². The molecule has 0 fully saturated rings. The van der Waals surface area contributed by atoms with Crippen LogP contribution in [0.2, 0.25) is 5.02 Å². The summed E-state index contributed by atoms with van der Waals surface area (Å²) in [5, 5.41) is 4.34. The Labute approximate surface area is 102 Å². The van der Waals surface area contributed by atoms with Crippen LogP contribution in [0.15, 0.2) is 12.1 Å². The first-order chi connectivity index (χ1) is 7.58. The molecular formula is C13H18ClNO. The minimum Gasteiger partial charge on any atom is -0.493 e. The van der Waals surface area contributed by atoms with Gasteiger partial charge in [-0.3, -0.25) is 0 Å². The minimum absolute atomic E-state index is 0.362. The van der Waals surface area contributed by atoms with Crippen molar-refractivity contribution >= 4 is 11.6 Å². The lowest BCUT2D eigenvalue weighted by molar-refractivity contribution is 0.246. The molecule has 1 aliphatic rings. The number of hydrogen-bond donors (Lipinski definition) is 1. The highest BCUT2D eigenvalue weighted by Crippen LogP contribution is 2.37. The van der Waals surface area contributed by atoms with Crippen LogP contribution in [0.25, 0.3) is 0 Å². The quantitative estimate of drug-likeness (QED) is 0.853. The summed E-state index contributed by atoms with van der Waals surface area (Å²) in [6, 6.07) is 4.80. The monoisotopic (exact) mass is 239 g/mol. The first-order valence-corrected chi connectivity index (χ1v) is 6.14. The Hall–Kier alpha value is -0.730. The van der Waals surface area contributed by atoms with Gasteiger partial charge in [-0.1, -0.05) is 25.4 Å². The third kappa shape index (κ3) is 2.33. The van der Waals surface area contributed by atoms with E-state index in [0.717, 1.165) is 29.4 Å². The number of rotatable bonds is 2. The van der Waals surface area contributed by atoms with Gasteiger partial charge >= 0.3 is 0 Å². The number of halogens is 1. The van der Waals surface area contributed by atoms with Crippen LogP contribution in [0.5, 0.6) is 5.75 Å². The van der Waals surface area contributed by atoms with Gasteiger partial charge in [0.1, 0.15) is 5.75 Å². The highest BCUT2D eigenvalue weighted by molar-refractivity contribution is 6.30. The van der Waals surface area contributed by atoms with E-state index in [1.165, 1.54) is 5.56 Å². The number of aryl methyl sites for hydroxylation is 1. The normalized spacial score (nSPS) is 19.4. The van der Waals surface area contributed by atoms with Gasteiger partial charge in [0.15, 0.2) is 0 Å². The topological polar surface area (TPSA) is 21.3 Å². The van der Waals surface area contributed by atoms with E-state index in [1.54, 1.807) is 0 Å². The molecule has 0 spiro atoms. The third-order valence-electron chi connectivity index (χ3n) is 2.83. The van der Waals surface area contributed by atoms with E-state index in [1.807, 2.05) is 19.1 Å². The molecule has 88 valence electrons. The lowest BCUT2D eigenvalue weighted by Crippen LogP contribution is -2.32. The number of hydrogen-bond acceptors (Lipinski definition) is 2. The summed E-state index contributed by atoms with van der Waals surface area (Å²) in [6.45, 7) is 7.14. The van der Waals surface area contributed by atoms with Crippen molar-refractivity contribution in [2.45, 2.75) is 39.3 Å². The Bertz CT molecular complexity index is 390. The molecule has 0 aromatic heterocycles. The molecule has 1 heterocycles. The molecule has 3 heteroatoms. The van der Waals surface area contributed by atoms with Gasteiger partial charge in [0.2, 0.25) is 0 Å². The van der Waals surface area contributed by atoms with E-state index < -0.39 is 0 Å². The van der Waals surface area contributed by atoms with Crippen LogP contribution in [0.4, 0.5) is 0 Å². The van der Waals surface area contributed by atoms with Crippen molar-refractivity contribution in [2.75, 3.05) is 6.61 Å². The Balaban J connectivity index is 2.37. The lowest BCUT2D eigenvalue weighted by Gasteiger charge is -2.29. The van der Waals surface area contributed by atoms with Crippen LogP contribution < -0.4 is 10.1 Å². The number of nitrogens with one attached hydrogen (secondary N) is 1. The summed E-state index contributed by atoms with van der Waals surface area (Å²) in [7, 11) is 0. The lowest BCUT2D eigenvalue weighted by atomic mass is 9.97. The minimum atomic E-state index is 0.362. The predicted octanol–water partition coefficient (Wildman–Crippen LogP) is 3.47. The first-order valence-electron chi connectivity index (χ1n) is 5.77. The fourth-order valence-electron chi connectivity index (χ4n) is 2.22. The molecular weight excluding hydrogens is 222 g/mol. The highest BCUT2D eigenvalue weighted by Gasteiger charge is 2.23. The summed E-state index contributed by atoms with van der Waals surface area (Å²) in [5.74, 6) is 1.01. The molecule has 1 aromatic rings. The summed E-state index contributed by atoms with van der Waals surface area (Å²) in [6.07, 6.45) is 1.00. The van der Waals surface area contributed by atoms with Gasteiger partial charge in [-0.25, -0.2) is 0 Å². The molecule has 16 heavy (non-hydrogen) atoms. The zero-order valence-electron chi connectivity index (χ0n) is 10.0. The van der Waals surface area contributed by atoms with Gasteiger partial charge in [-0.15, -0.1) is 0 Å². The molecule has 0 amide bonds. The molecule has 0 aliphatic carbocycles. The van der Waals surface area contributed by atoms with Crippen molar-refractivity contribution in [3.63, 3.8) is 0 Å². The molecule has 1 aliphatic heterocycles. The standard InChI is InChI=1S/C13H18ClNO/c1-8(2)15-12-4-5-16-13-9(3)6-10(14)7-11(12)13/h6-8,12,15H,4-5H2,1-3H3. The van der Waals surface area contributed by atoms with E-state index in [2.05, 4.69) is 19.2 Å². The molecule has 1 aromatic carbocycles. The smallest absolute Gasteiger partial charge is 0.127 e. The van der Waals surface area contributed by atoms with Crippen LogP contribution in [0.1, 0.15) is 37.4 Å². The summed E-state index contributed by atoms with van der Waals surface area (Å²) >= 11 is 6.10. The molecule has 0 radical (unpaired) electrons. The molecule has 1 atom stereocenters. The van der Waals surface area contributed by atoms with E-state index in [4.69, 9.17) is 16.3 Å². The summed E-state index contributed by atoms with van der Waals surface area (Å²) < 4.78 is 5.72. The largest absolute Gasteiger partial charge is 0.493 e. The molecule has 0 saturated carbocycles. The molecule has 0 bridgehead atoms.